The van der Waals surface area contributed by atoms with E-state index in [4.69, 9.17) is 23.2 Å². The van der Waals surface area contributed by atoms with Gasteiger partial charge >= 0.3 is 0 Å². The summed E-state index contributed by atoms with van der Waals surface area (Å²) in [4.78, 5) is 0. The quantitative estimate of drug-likeness (QED) is 0.622. The maximum atomic E-state index is 6.11. The van der Waals surface area contributed by atoms with Gasteiger partial charge in [-0.2, -0.15) is 0 Å². The molecule has 2 heterocycles. The van der Waals surface area contributed by atoms with E-state index in [1.807, 2.05) is 34.9 Å². The highest BCUT2D eigenvalue weighted by molar-refractivity contribution is 6.35. The Kier molecular flexibility index (Phi) is 2.23. The molecule has 3 nitrogen and oxygen atoms in total. The number of benzene rings is 1. The molecule has 0 bridgehead atoms. The second kappa shape index (κ2) is 3.61. The number of hydrogen-bond acceptors (Lipinski definition) is 2. The van der Waals surface area contributed by atoms with Gasteiger partial charge in [0.1, 0.15) is 0 Å². The molecular formula is C11H7Cl2N3. The van der Waals surface area contributed by atoms with Crippen molar-refractivity contribution in [2.24, 2.45) is 0 Å². The van der Waals surface area contributed by atoms with E-state index >= 15 is 0 Å². The van der Waals surface area contributed by atoms with Crippen LogP contribution in [0.25, 0.3) is 16.4 Å². The summed E-state index contributed by atoms with van der Waals surface area (Å²) in [6, 6.07) is 7.69. The maximum Gasteiger partial charge on any atom is 0.168 e. The van der Waals surface area contributed by atoms with Crippen LogP contribution in [0.4, 0.5) is 0 Å². The third-order valence-corrected chi connectivity index (χ3v) is 3.14. The summed E-state index contributed by atoms with van der Waals surface area (Å²) in [6.45, 7) is 0. The van der Waals surface area contributed by atoms with Gasteiger partial charge in [-0.15, -0.1) is 21.8 Å². The predicted molar refractivity (Wildman–Crippen MR) is 65.1 cm³/mol. The van der Waals surface area contributed by atoms with Gasteiger partial charge in [-0.25, -0.2) is 0 Å². The van der Waals surface area contributed by atoms with E-state index in [9.17, 15) is 0 Å². The number of hydrogen-bond donors (Lipinski definition) is 0. The Morgan fingerprint density at radius 1 is 1.12 bits per heavy atom. The van der Waals surface area contributed by atoms with Crippen LogP contribution in [0, 0.1) is 0 Å². The van der Waals surface area contributed by atoms with Crippen LogP contribution < -0.4 is 0 Å². The molecule has 0 amide bonds. The van der Waals surface area contributed by atoms with E-state index in [0.29, 0.717) is 5.88 Å². The molecule has 0 radical (unpaired) electrons. The van der Waals surface area contributed by atoms with Crippen molar-refractivity contribution in [3.63, 3.8) is 0 Å². The Morgan fingerprint density at radius 3 is 2.81 bits per heavy atom. The van der Waals surface area contributed by atoms with Gasteiger partial charge in [-0.3, -0.25) is 4.40 Å². The van der Waals surface area contributed by atoms with Gasteiger partial charge in [0.25, 0.3) is 0 Å². The number of pyridine rings is 1. The number of nitrogens with zero attached hydrogens (tertiary/aromatic N) is 3. The largest absolute Gasteiger partial charge is 0.285 e. The molecule has 0 aliphatic carbocycles. The van der Waals surface area contributed by atoms with Crippen LogP contribution in [-0.2, 0) is 5.88 Å². The van der Waals surface area contributed by atoms with Crippen LogP contribution in [0.2, 0.25) is 5.02 Å². The van der Waals surface area contributed by atoms with E-state index < -0.39 is 0 Å². The van der Waals surface area contributed by atoms with Crippen molar-refractivity contribution >= 4 is 39.6 Å². The van der Waals surface area contributed by atoms with Gasteiger partial charge in [0.2, 0.25) is 0 Å². The van der Waals surface area contributed by atoms with E-state index in [1.54, 1.807) is 0 Å². The number of fused-ring (bicyclic) bond motifs is 3. The second-order valence-electron chi connectivity index (χ2n) is 3.46. The second-order valence-corrected chi connectivity index (χ2v) is 4.13. The molecule has 0 aliphatic heterocycles. The zero-order valence-electron chi connectivity index (χ0n) is 8.19. The lowest BCUT2D eigenvalue weighted by Gasteiger charge is -2.02. The first-order valence-corrected chi connectivity index (χ1v) is 5.69. The Morgan fingerprint density at radius 2 is 2.00 bits per heavy atom. The minimum atomic E-state index is 0.341. The molecule has 1 aromatic carbocycles. The topological polar surface area (TPSA) is 30.2 Å². The van der Waals surface area contributed by atoms with Gasteiger partial charge in [0, 0.05) is 22.0 Å². The van der Waals surface area contributed by atoms with Crippen molar-refractivity contribution in [2.45, 2.75) is 5.88 Å². The molecule has 0 saturated carbocycles. The average molecular weight is 252 g/mol. The SMILES string of the molecule is ClCc1nnc2c3cccc(Cl)c3ccn12. The molecule has 3 aromatic rings. The minimum Gasteiger partial charge on any atom is -0.285 e. The number of rotatable bonds is 1. The van der Waals surface area contributed by atoms with Crippen LogP contribution in [-0.4, -0.2) is 14.6 Å². The first-order valence-electron chi connectivity index (χ1n) is 4.78. The molecule has 0 aliphatic rings. The van der Waals surface area contributed by atoms with Crippen LogP contribution >= 0.6 is 23.2 Å². The summed E-state index contributed by atoms with van der Waals surface area (Å²) in [5.41, 5.74) is 0.788. The summed E-state index contributed by atoms with van der Waals surface area (Å²) >= 11 is 11.9. The molecule has 0 fully saturated rings. The molecule has 2 aromatic heterocycles. The third kappa shape index (κ3) is 1.29. The predicted octanol–water partition coefficient (Wildman–Crippen LogP) is 3.27. The van der Waals surface area contributed by atoms with Crippen molar-refractivity contribution in [3.8, 4) is 0 Å². The average Bonchev–Trinajstić information content (AvgIpc) is 2.72. The van der Waals surface area contributed by atoms with Crippen molar-refractivity contribution < 1.29 is 0 Å². The molecule has 0 atom stereocenters. The first-order chi connectivity index (χ1) is 7.81. The Balaban J connectivity index is 2.51. The van der Waals surface area contributed by atoms with Crippen molar-refractivity contribution in [1.82, 2.24) is 14.6 Å². The number of alkyl halides is 1. The fourth-order valence-corrected chi connectivity index (χ4v) is 2.23. The van der Waals surface area contributed by atoms with E-state index in [0.717, 1.165) is 27.3 Å². The van der Waals surface area contributed by atoms with E-state index in [-0.39, 0.29) is 0 Å². The molecule has 3 rings (SSSR count). The lowest BCUT2D eigenvalue weighted by molar-refractivity contribution is 0.987. The fraction of sp³-hybridized carbons (Fsp3) is 0.0909. The van der Waals surface area contributed by atoms with Gasteiger partial charge in [-0.05, 0) is 12.1 Å². The highest BCUT2D eigenvalue weighted by atomic mass is 35.5. The summed E-state index contributed by atoms with van der Waals surface area (Å²) in [5, 5.41) is 10.8. The summed E-state index contributed by atoms with van der Waals surface area (Å²) in [6.07, 6.45) is 1.89. The van der Waals surface area contributed by atoms with Crippen LogP contribution in [0.1, 0.15) is 5.82 Å². The Bertz CT molecular complexity index is 675. The molecular weight excluding hydrogens is 245 g/mol. The third-order valence-electron chi connectivity index (χ3n) is 2.57. The Hall–Kier alpha value is -1.32. The molecule has 0 unspecified atom stereocenters. The highest BCUT2D eigenvalue weighted by Crippen LogP contribution is 2.26. The monoisotopic (exact) mass is 251 g/mol. The van der Waals surface area contributed by atoms with Gasteiger partial charge < -0.3 is 0 Å². The Labute approximate surface area is 102 Å². The molecule has 0 saturated heterocycles. The maximum absolute atomic E-state index is 6.11. The fourth-order valence-electron chi connectivity index (χ4n) is 1.81. The van der Waals surface area contributed by atoms with Crippen molar-refractivity contribution in [3.05, 3.63) is 41.3 Å². The summed E-state index contributed by atoms with van der Waals surface area (Å²) in [5.74, 6) is 1.08. The molecule has 16 heavy (non-hydrogen) atoms. The van der Waals surface area contributed by atoms with Gasteiger partial charge in [0.05, 0.1) is 5.88 Å². The number of aromatic nitrogens is 3. The van der Waals surface area contributed by atoms with Crippen molar-refractivity contribution in [1.29, 1.82) is 0 Å². The summed E-state index contributed by atoms with van der Waals surface area (Å²) < 4.78 is 1.88. The zero-order chi connectivity index (χ0) is 11.1. The van der Waals surface area contributed by atoms with E-state index in [2.05, 4.69) is 10.2 Å². The van der Waals surface area contributed by atoms with Gasteiger partial charge in [-0.1, -0.05) is 23.7 Å². The minimum absolute atomic E-state index is 0.341. The standard InChI is InChI=1S/C11H7Cl2N3/c12-6-10-14-15-11-8-2-1-3-9(13)7(8)4-5-16(10)11/h1-5H,6H2. The zero-order valence-corrected chi connectivity index (χ0v) is 9.70. The highest BCUT2D eigenvalue weighted by Gasteiger charge is 2.08. The molecule has 80 valence electrons. The van der Waals surface area contributed by atoms with Crippen LogP contribution in [0.15, 0.2) is 30.5 Å². The normalized spacial score (nSPS) is 11.4. The molecule has 0 spiro atoms. The lowest BCUT2D eigenvalue weighted by atomic mass is 10.2. The van der Waals surface area contributed by atoms with Crippen molar-refractivity contribution in [2.75, 3.05) is 0 Å². The summed E-state index contributed by atoms with van der Waals surface area (Å²) in [7, 11) is 0. The first kappa shape index (κ1) is 9.87. The lowest BCUT2D eigenvalue weighted by Crippen LogP contribution is -1.91. The van der Waals surface area contributed by atoms with Crippen LogP contribution in [0.5, 0.6) is 0 Å². The van der Waals surface area contributed by atoms with Gasteiger partial charge in [0.15, 0.2) is 11.5 Å². The molecule has 5 heteroatoms. The van der Waals surface area contributed by atoms with E-state index in [1.165, 1.54) is 0 Å². The number of halogens is 2. The van der Waals surface area contributed by atoms with Crippen LogP contribution in [0.3, 0.4) is 0 Å². The smallest absolute Gasteiger partial charge is 0.168 e. The molecule has 0 N–H and O–H groups in total.